The lowest BCUT2D eigenvalue weighted by Crippen LogP contribution is -2.43. The number of amides is 2. The smallest absolute Gasteiger partial charge is 0.243 e. The molecule has 2 aliphatic rings. The summed E-state index contributed by atoms with van der Waals surface area (Å²) in [7, 11) is -3.77. The lowest BCUT2D eigenvalue weighted by atomic mass is 9.98. The standard InChI is InChI=1S/C25H31N3O5S/c1-4-33-24-10-6-5-9-22(24)26-25(30)19-8-7-13-27(16-19)34(31,32)21-11-12-23-20(15-21)14-17(2)28(23)18(3)29/h5-6,9-12,15,17,19H,4,7-8,13-14,16H2,1-3H3,(H,26,30)/t17-,19-/m0/s1. The average Bonchev–Trinajstić information content (AvgIpc) is 3.15. The molecule has 1 fully saturated rings. The second kappa shape index (κ2) is 9.76. The van der Waals surface area contributed by atoms with Crippen LogP contribution in [0, 0.1) is 5.92 Å². The fourth-order valence-electron chi connectivity index (χ4n) is 4.86. The van der Waals surface area contributed by atoms with Crippen molar-refractivity contribution in [1.82, 2.24) is 4.31 Å². The number of carbonyl (C=O) groups excluding carboxylic acids is 2. The average molecular weight is 486 g/mol. The molecule has 0 bridgehead atoms. The van der Waals surface area contributed by atoms with Gasteiger partial charge in [0.1, 0.15) is 5.75 Å². The zero-order chi connectivity index (χ0) is 24.5. The summed E-state index contributed by atoms with van der Waals surface area (Å²) < 4.78 is 33.9. The maximum Gasteiger partial charge on any atom is 0.243 e. The first-order valence-electron chi connectivity index (χ1n) is 11.7. The largest absolute Gasteiger partial charge is 0.492 e. The molecule has 0 aliphatic carbocycles. The van der Waals surface area contributed by atoms with Crippen molar-refractivity contribution in [3.8, 4) is 5.75 Å². The van der Waals surface area contributed by atoms with Gasteiger partial charge in [-0.2, -0.15) is 4.31 Å². The van der Waals surface area contributed by atoms with Crippen molar-refractivity contribution in [2.45, 2.75) is 51.0 Å². The third-order valence-corrected chi connectivity index (χ3v) is 8.30. The number of hydrogen-bond donors (Lipinski definition) is 1. The van der Waals surface area contributed by atoms with E-state index in [4.69, 9.17) is 4.74 Å². The van der Waals surface area contributed by atoms with Gasteiger partial charge in [0.2, 0.25) is 21.8 Å². The molecule has 2 aromatic carbocycles. The highest BCUT2D eigenvalue weighted by atomic mass is 32.2. The molecule has 2 aromatic rings. The SMILES string of the molecule is CCOc1ccccc1NC(=O)[C@H]1CCCN(S(=O)(=O)c2ccc3c(c2)C[C@H](C)N3C(C)=O)C1. The summed E-state index contributed by atoms with van der Waals surface area (Å²) in [5.41, 5.74) is 2.20. The molecule has 182 valence electrons. The first-order chi connectivity index (χ1) is 16.2. The third kappa shape index (κ3) is 4.67. The van der Waals surface area contributed by atoms with Crippen molar-refractivity contribution in [3.63, 3.8) is 0 Å². The Hall–Kier alpha value is -2.91. The molecule has 1 saturated heterocycles. The van der Waals surface area contributed by atoms with Crippen molar-refractivity contribution >= 4 is 33.2 Å². The number of nitrogens with zero attached hydrogens (tertiary/aromatic N) is 2. The van der Waals surface area contributed by atoms with Crippen LogP contribution in [0.4, 0.5) is 11.4 Å². The minimum Gasteiger partial charge on any atom is -0.492 e. The van der Waals surface area contributed by atoms with Crippen LogP contribution in [0.1, 0.15) is 39.2 Å². The Morgan fingerprint density at radius 3 is 2.68 bits per heavy atom. The van der Waals surface area contributed by atoms with Gasteiger partial charge in [-0.3, -0.25) is 9.59 Å². The number of sulfonamides is 1. The van der Waals surface area contributed by atoms with Crippen molar-refractivity contribution in [3.05, 3.63) is 48.0 Å². The molecule has 2 atom stereocenters. The number of anilines is 2. The molecular formula is C25H31N3O5S. The van der Waals surface area contributed by atoms with Crippen LogP contribution in [0.3, 0.4) is 0 Å². The van der Waals surface area contributed by atoms with E-state index in [2.05, 4.69) is 5.32 Å². The summed E-state index contributed by atoms with van der Waals surface area (Å²) in [5.74, 6) is -0.143. The van der Waals surface area contributed by atoms with Crippen LogP contribution in [-0.2, 0) is 26.0 Å². The normalized spacial score (nSPS) is 20.6. The van der Waals surface area contributed by atoms with E-state index in [-0.39, 0.29) is 29.3 Å². The molecule has 0 saturated carbocycles. The monoisotopic (exact) mass is 485 g/mol. The van der Waals surface area contributed by atoms with Gasteiger partial charge in [0.25, 0.3) is 0 Å². The highest BCUT2D eigenvalue weighted by Crippen LogP contribution is 2.35. The van der Waals surface area contributed by atoms with Crippen LogP contribution < -0.4 is 15.0 Å². The number of fused-ring (bicyclic) bond motifs is 1. The predicted octanol–water partition coefficient (Wildman–Crippen LogP) is 3.42. The van der Waals surface area contributed by atoms with E-state index in [0.29, 0.717) is 43.9 Å². The van der Waals surface area contributed by atoms with Crippen LogP contribution >= 0.6 is 0 Å². The van der Waals surface area contributed by atoms with Gasteiger partial charge in [0.15, 0.2) is 0 Å². The van der Waals surface area contributed by atoms with Gasteiger partial charge >= 0.3 is 0 Å². The lowest BCUT2D eigenvalue weighted by molar-refractivity contribution is -0.121. The van der Waals surface area contributed by atoms with Gasteiger partial charge < -0.3 is 15.0 Å². The molecule has 4 rings (SSSR count). The number of carbonyl (C=O) groups is 2. The summed E-state index contributed by atoms with van der Waals surface area (Å²) in [6.45, 7) is 6.31. The van der Waals surface area contributed by atoms with Gasteiger partial charge in [0.05, 0.1) is 23.1 Å². The predicted molar refractivity (Wildman–Crippen MR) is 130 cm³/mol. The zero-order valence-electron chi connectivity index (χ0n) is 19.8. The summed E-state index contributed by atoms with van der Waals surface area (Å²) in [4.78, 5) is 26.9. The van der Waals surface area contributed by atoms with Gasteiger partial charge in [-0.1, -0.05) is 12.1 Å². The molecule has 0 unspecified atom stereocenters. The molecule has 2 aliphatic heterocycles. The Kier molecular flexibility index (Phi) is 6.95. The van der Waals surface area contributed by atoms with Crippen molar-refractivity contribution in [1.29, 1.82) is 0 Å². The van der Waals surface area contributed by atoms with Crippen LogP contribution in [0.25, 0.3) is 0 Å². The van der Waals surface area contributed by atoms with Gasteiger partial charge in [-0.05, 0) is 69.0 Å². The third-order valence-electron chi connectivity index (χ3n) is 6.44. The van der Waals surface area contributed by atoms with Crippen LogP contribution in [-0.4, -0.2) is 50.3 Å². The van der Waals surface area contributed by atoms with Crippen LogP contribution in [0.15, 0.2) is 47.4 Å². The molecule has 2 amide bonds. The first-order valence-corrected chi connectivity index (χ1v) is 13.1. The van der Waals surface area contributed by atoms with E-state index < -0.39 is 15.9 Å². The number of para-hydroxylation sites is 2. The number of ether oxygens (including phenoxy) is 1. The highest BCUT2D eigenvalue weighted by molar-refractivity contribution is 7.89. The maximum absolute atomic E-state index is 13.4. The van der Waals surface area contributed by atoms with E-state index in [1.165, 1.54) is 11.2 Å². The topological polar surface area (TPSA) is 96.0 Å². The zero-order valence-corrected chi connectivity index (χ0v) is 20.6. The van der Waals surface area contributed by atoms with Gasteiger partial charge in [-0.15, -0.1) is 0 Å². The van der Waals surface area contributed by atoms with E-state index in [9.17, 15) is 18.0 Å². The fourth-order valence-corrected chi connectivity index (χ4v) is 6.43. The second-order valence-corrected chi connectivity index (χ2v) is 10.8. The Bertz CT molecular complexity index is 1200. The fraction of sp³-hybridized carbons (Fsp3) is 0.440. The summed E-state index contributed by atoms with van der Waals surface area (Å²) in [6, 6.07) is 12.2. The number of benzene rings is 2. The van der Waals surface area contributed by atoms with E-state index >= 15 is 0 Å². The van der Waals surface area contributed by atoms with Crippen molar-refractivity contribution in [2.24, 2.45) is 5.92 Å². The molecule has 0 radical (unpaired) electrons. The number of nitrogens with one attached hydrogen (secondary N) is 1. The lowest BCUT2D eigenvalue weighted by Gasteiger charge is -2.31. The summed E-state index contributed by atoms with van der Waals surface area (Å²) in [6.07, 6.45) is 1.83. The number of hydrogen-bond acceptors (Lipinski definition) is 5. The van der Waals surface area contributed by atoms with Crippen molar-refractivity contribution < 1.29 is 22.7 Å². The molecule has 1 N–H and O–H groups in total. The molecule has 0 spiro atoms. The Balaban J connectivity index is 1.50. The molecular weight excluding hydrogens is 454 g/mol. The first kappa shape index (κ1) is 24.2. The van der Waals surface area contributed by atoms with Crippen LogP contribution in [0.5, 0.6) is 5.75 Å². The molecule has 34 heavy (non-hydrogen) atoms. The van der Waals surface area contributed by atoms with Gasteiger partial charge in [0, 0.05) is 31.7 Å². The van der Waals surface area contributed by atoms with E-state index in [0.717, 1.165) is 11.3 Å². The summed E-state index contributed by atoms with van der Waals surface area (Å²) >= 11 is 0. The molecule has 8 nitrogen and oxygen atoms in total. The Labute approximate surface area is 200 Å². The quantitative estimate of drug-likeness (QED) is 0.676. The Morgan fingerprint density at radius 1 is 1.18 bits per heavy atom. The van der Waals surface area contributed by atoms with Crippen molar-refractivity contribution in [2.75, 3.05) is 29.9 Å². The maximum atomic E-state index is 13.4. The number of piperidine rings is 1. The van der Waals surface area contributed by atoms with E-state index in [1.54, 1.807) is 35.2 Å². The van der Waals surface area contributed by atoms with Gasteiger partial charge in [-0.25, -0.2) is 8.42 Å². The highest BCUT2D eigenvalue weighted by Gasteiger charge is 2.35. The number of rotatable bonds is 6. The van der Waals surface area contributed by atoms with E-state index in [1.807, 2.05) is 26.0 Å². The minimum atomic E-state index is -3.77. The second-order valence-electron chi connectivity index (χ2n) is 8.85. The molecule has 9 heteroatoms. The molecule has 2 heterocycles. The van der Waals surface area contributed by atoms with Crippen LogP contribution in [0.2, 0.25) is 0 Å². The Morgan fingerprint density at radius 2 is 1.94 bits per heavy atom. The minimum absolute atomic E-state index is 0.00641. The summed E-state index contributed by atoms with van der Waals surface area (Å²) in [5, 5.41) is 2.91. The molecule has 0 aromatic heterocycles.